The second kappa shape index (κ2) is 6.46. The summed E-state index contributed by atoms with van der Waals surface area (Å²) in [5, 5.41) is 0. The highest BCUT2D eigenvalue weighted by atomic mass is 19.1. The maximum absolute atomic E-state index is 13.7. The van der Waals surface area contributed by atoms with Crippen molar-refractivity contribution in [3.63, 3.8) is 0 Å². The van der Waals surface area contributed by atoms with Gasteiger partial charge in [-0.1, -0.05) is 30.3 Å². The Bertz CT molecular complexity index is 1120. The summed E-state index contributed by atoms with van der Waals surface area (Å²) in [4.78, 5) is 25.2. The molecule has 1 aliphatic carbocycles. The molecule has 2 atom stereocenters. The monoisotopic (exact) mass is 399 g/mol. The van der Waals surface area contributed by atoms with Crippen LogP contribution in [0.25, 0.3) is 11.4 Å². The van der Waals surface area contributed by atoms with Gasteiger partial charge in [-0.15, -0.1) is 0 Å². The minimum absolute atomic E-state index is 0.0645. The fourth-order valence-corrected chi connectivity index (χ4v) is 5.28. The lowest BCUT2D eigenvalue weighted by atomic mass is 9.91. The SMILES string of the molecule is O=C(N1C2CCC1c1cnc(-c3ccc(F)cc3)nc1C2)C1(c2ccccc2)CC1. The van der Waals surface area contributed by atoms with Crippen LogP contribution < -0.4 is 0 Å². The molecule has 2 bridgehead atoms. The van der Waals surface area contributed by atoms with Gasteiger partial charge in [0.25, 0.3) is 0 Å². The Morgan fingerprint density at radius 3 is 2.53 bits per heavy atom. The van der Waals surface area contributed by atoms with E-state index in [1.54, 1.807) is 12.1 Å². The first kappa shape index (κ1) is 17.8. The van der Waals surface area contributed by atoms with Gasteiger partial charge in [0.05, 0.1) is 17.2 Å². The van der Waals surface area contributed by atoms with Gasteiger partial charge >= 0.3 is 0 Å². The van der Waals surface area contributed by atoms with E-state index >= 15 is 0 Å². The van der Waals surface area contributed by atoms with Crippen LogP contribution in [0.1, 0.15) is 48.5 Å². The van der Waals surface area contributed by atoms with Crippen molar-refractivity contribution in [3.05, 3.63) is 83.4 Å². The number of nitrogens with zero attached hydrogens (tertiary/aromatic N) is 3. The highest BCUT2D eigenvalue weighted by Crippen LogP contribution is 2.54. The number of benzene rings is 2. The van der Waals surface area contributed by atoms with Crippen molar-refractivity contribution in [1.29, 1.82) is 0 Å². The summed E-state index contributed by atoms with van der Waals surface area (Å²) in [5.74, 6) is 0.627. The van der Waals surface area contributed by atoms with E-state index in [4.69, 9.17) is 4.98 Å². The van der Waals surface area contributed by atoms with Crippen LogP contribution >= 0.6 is 0 Å². The van der Waals surface area contributed by atoms with Crippen molar-refractivity contribution in [3.8, 4) is 11.4 Å². The Hall–Kier alpha value is -3.08. The number of rotatable bonds is 3. The van der Waals surface area contributed by atoms with Crippen molar-refractivity contribution in [2.24, 2.45) is 0 Å². The van der Waals surface area contributed by atoms with E-state index in [2.05, 4.69) is 22.0 Å². The lowest BCUT2D eigenvalue weighted by Crippen LogP contribution is -2.47. The second-order valence-electron chi connectivity index (χ2n) is 8.71. The Balaban J connectivity index is 1.33. The van der Waals surface area contributed by atoms with Gasteiger partial charge in [0.15, 0.2) is 5.82 Å². The summed E-state index contributed by atoms with van der Waals surface area (Å²) < 4.78 is 13.3. The number of carbonyl (C=O) groups excluding carboxylic acids is 1. The molecule has 1 aromatic heterocycles. The number of aromatic nitrogens is 2. The van der Waals surface area contributed by atoms with E-state index in [0.29, 0.717) is 5.82 Å². The molecule has 0 N–H and O–H groups in total. The van der Waals surface area contributed by atoms with E-state index in [1.165, 1.54) is 12.1 Å². The molecule has 150 valence electrons. The molecular formula is C25H22FN3O. The van der Waals surface area contributed by atoms with Gasteiger partial charge in [0.1, 0.15) is 5.82 Å². The van der Waals surface area contributed by atoms with E-state index in [0.717, 1.165) is 54.5 Å². The van der Waals surface area contributed by atoms with Crippen molar-refractivity contribution < 1.29 is 9.18 Å². The normalized spacial score (nSPS) is 23.2. The topological polar surface area (TPSA) is 46.1 Å². The van der Waals surface area contributed by atoms with Gasteiger partial charge in [-0.05, 0) is 55.5 Å². The number of amides is 1. The first-order valence-corrected chi connectivity index (χ1v) is 10.7. The van der Waals surface area contributed by atoms with Crippen LogP contribution in [-0.4, -0.2) is 26.8 Å². The summed E-state index contributed by atoms with van der Waals surface area (Å²) in [6.45, 7) is 0. The molecular weight excluding hydrogens is 377 g/mol. The highest BCUT2D eigenvalue weighted by Gasteiger charge is 2.57. The van der Waals surface area contributed by atoms with Crippen LogP contribution in [0.3, 0.4) is 0 Å². The lowest BCUT2D eigenvalue weighted by molar-refractivity contribution is -0.137. The molecule has 5 heteroatoms. The third-order valence-electron chi connectivity index (χ3n) is 7.01. The standard InChI is InChI=1S/C25H22FN3O/c26-18-8-6-16(7-9-18)23-27-15-20-21(28-23)14-19-10-11-22(20)29(19)24(30)25(12-13-25)17-4-2-1-3-5-17/h1-9,15,19,22H,10-14H2. The number of hydrogen-bond acceptors (Lipinski definition) is 3. The van der Waals surface area contributed by atoms with Crippen LogP contribution in [-0.2, 0) is 16.6 Å². The number of fused-ring (bicyclic) bond motifs is 4. The third kappa shape index (κ3) is 2.61. The van der Waals surface area contributed by atoms with Crippen molar-refractivity contribution >= 4 is 5.91 Å². The largest absolute Gasteiger partial charge is 0.331 e. The molecule has 0 radical (unpaired) electrons. The predicted octanol–water partition coefficient (Wildman–Crippen LogP) is 4.60. The van der Waals surface area contributed by atoms with Gasteiger partial charge in [-0.3, -0.25) is 4.79 Å². The van der Waals surface area contributed by atoms with Crippen LogP contribution in [0, 0.1) is 5.82 Å². The smallest absolute Gasteiger partial charge is 0.234 e. The van der Waals surface area contributed by atoms with Crippen LogP contribution in [0.4, 0.5) is 4.39 Å². The van der Waals surface area contributed by atoms with Gasteiger partial charge in [0, 0.05) is 29.8 Å². The minimum atomic E-state index is -0.339. The summed E-state index contributed by atoms with van der Waals surface area (Å²) >= 11 is 0. The Morgan fingerprint density at radius 1 is 1.03 bits per heavy atom. The van der Waals surface area contributed by atoms with Gasteiger partial charge in [0.2, 0.25) is 5.91 Å². The fourth-order valence-electron chi connectivity index (χ4n) is 5.28. The van der Waals surface area contributed by atoms with E-state index in [9.17, 15) is 9.18 Å². The average molecular weight is 399 g/mol. The Morgan fingerprint density at radius 2 is 1.80 bits per heavy atom. The number of hydrogen-bond donors (Lipinski definition) is 0. The summed E-state index contributed by atoms with van der Waals surface area (Å²) in [5.41, 5.74) is 3.72. The average Bonchev–Trinajstić information content (AvgIpc) is 3.53. The summed E-state index contributed by atoms with van der Waals surface area (Å²) in [7, 11) is 0. The quantitative estimate of drug-likeness (QED) is 0.647. The summed E-state index contributed by atoms with van der Waals surface area (Å²) in [6.07, 6.45) is 6.48. The zero-order valence-corrected chi connectivity index (χ0v) is 16.6. The second-order valence-corrected chi connectivity index (χ2v) is 8.71. The van der Waals surface area contributed by atoms with Crippen LogP contribution in [0.5, 0.6) is 0 Å². The zero-order chi connectivity index (χ0) is 20.3. The highest BCUT2D eigenvalue weighted by molar-refractivity contribution is 5.92. The molecule has 3 aliphatic rings. The molecule has 1 amide bonds. The molecule has 2 aliphatic heterocycles. The zero-order valence-electron chi connectivity index (χ0n) is 16.6. The van der Waals surface area contributed by atoms with Gasteiger partial charge in [-0.2, -0.15) is 0 Å². The van der Waals surface area contributed by atoms with Crippen LogP contribution in [0.2, 0.25) is 0 Å². The molecule has 3 heterocycles. The third-order valence-corrected chi connectivity index (χ3v) is 7.01. The molecule has 1 saturated carbocycles. The predicted molar refractivity (Wildman–Crippen MR) is 111 cm³/mol. The molecule has 2 aromatic carbocycles. The molecule has 1 saturated heterocycles. The number of carbonyl (C=O) groups is 1. The van der Waals surface area contributed by atoms with E-state index in [1.807, 2.05) is 24.4 Å². The molecule has 30 heavy (non-hydrogen) atoms. The van der Waals surface area contributed by atoms with E-state index < -0.39 is 0 Å². The molecule has 0 spiro atoms. The molecule has 2 fully saturated rings. The van der Waals surface area contributed by atoms with Crippen molar-refractivity contribution in [2.45, 2.75) is 49.6 Å². The Labute approximate surface area is 174 Å². The first-order valence-electron chi connectivity index (χ1n) is 10.7. The Kier molecular flexibility index (Phi) is 3.82. The fraction of sp³-hybridized carbons (Fsp3) is 0.320. The van der Waals surface area contributed by atoms with E-state index in [-0.39, 0.29) is 29.2 Å². The summed E-state index contributed by atoms with van der Waals surface area (Å²) in [6, 6.07) is 16.8. The van der Waals surface area contributed by atoms with Crippen molar-refractivity contribution in [2.75, 3.05) is 0 Å². The van der Waals surface area contributed by atoms with Gasteiger partial charge in [-0.25, -0.2) is 14.4 Å². The van der Waals surface area contributed by atoms with Gasteiger partial charge < -0.3 is 4.90 Å². The van der Waals surface area contributed by atoms with Crippen molar-refractivity contribution in [1.82, 2.24) is 14.9 Å². The maximum atomic E-state index is 13.7. The molecule has 3 aromatic rings. The molecule has 2 unspecified atom stereocenters. The lowest BCUT2D eigenvalue weighted by Gasteiger charge is -2.38. The minimum Gasteiger partial charge on any atom is -0.331 e. The maximum Gasteiger partial charge on any atom is 0.234 e. The molecule has 4 nitrogen and oxygen atoms in total. The van der Waals surface area contributed by atoms with Crippen LogP contribution in [0.15, 0.2) is 60.8 Å². The molecule has 6 rings (SSSR count). The first-order chi connectivity index (χ1) is 14.7. The number of halogens is 1.